The van der Waals surface area contributed by atoms with Crippen LogP contribution in [0.2, 0.25) is 0 Å². The molecule has 0 spiro atoms. The van der Waals surface area contributed by atoms with E-state index in [0.29, 0.717) is 12.1 Å². The third kappa shape index (κ3) is 1.71. The lowest BCUT2D eigenvalue weighted by Crippen LogP contribution is -2.33. The van der Waals surface area contributed by atoms with Crippen LogP contribution in [-0.2, 0) is 21.8 Å². The minimum absolute atomic E-state index is 0.161. The Labute approximate surface area is 95.6 Å². The van der Waals surface area contributed by atoms with E-state index in [2.05, 4.69) is 5.10 Å². The van der Waals surface area contributed by atoms with Crippen molar-refractivity contribution in [3.05, 3.63) is 11.9 Å². The Morgan fingerprint density at radius 2 is 2.31 bits per heavy atom. The first-order valence-corrected chi connectivity index (χ1v) is 7.23. The zero-order chi connectivity index (χ0) is 12.0. The van der Waals surface area contributed by atoms with Crippen molar-refractivity contribution < 1.29 is 8.42 Å². The maximum Gasteiger partial charge on any atom is 0.152 e. The second-order valence-corrected chi connectivity index (χ2v) is 6.83. The summed E-state index contributed by atoms with van der Waals surface area (Å²) in [5.41, 5.74) is 6.96. The molecule has 0 radical (unpaired) electrons. The van der Waals surface area contributed by atoms with Crippen molar-refractivity contribution in [2.24, 2.45) is 0 Å². The lowest BCUT2D eigenvalue weighted by Gasteiger charge is -2.25. The Bertz CT molecular complexity index is 506. The number of nitrogens with zero attached hydrogens (tertiary/aromatic N) is 2. The summed E-state index contributed by atoms with van der Waals surface area (Å²) >= 11 is 0. The highest BCUT2D eigenvalue weighted by atomic mass is 32.2. The van der Waals surface area contributed by atoms with Crippen LogP contribution in [0.1, 0.15) is 26.0 Å². The van der Waals surface area contributed by atoms with Crippen LogP contribution in [0.15, 0.2) is 6.20 Å². The largest absolute Gasteiger partial charge is 0.396 e. The standard InChI is InChI=1S/C10H17N3O2S/c1-3-9-8(11)6-12-13(9)10(2)4-5-16(14,15)7-10/h6H,3-5,7,11H2,1-2H3. The van der Waals surface area contributed by atoms with E-state index < -0.39 is 15.4 Å². The van der Waals surface area contributed by atoms with Gasteiger partial charge in [-0.3, -0.25) is 4.68 Å². The molecular formula is C10H17N3O2S. The molecule has 2 N–H and O–H groups in total. The van der Waals surface area contributed by atoms with E-state index in [1.54, 1.807) is 10.9 Å². The molecule has 2 heterocycles. The molecule has 1 saturated heterocycles. The molecule has 16 heavy (non-hydrogen) atoms. The first-order valence-electron chi connectivity index (χ1n) is 5.41. The predicted molar refractivity (Wildman–Crippen MR) is 62.9 cm³/mol. The van der Waals surface area contributed by atoms with Gasteiger partial charge in [-0.1, -0.05) is 6.92 Å². The van der Waals surface area contributed by atoms with Gasteiger partial charge >= 0.3 is 0 Å². The molecular weight excluding hydrogens is 226 g/mol. The third-order valence-electron chi connectivity index (χ3n) is 3.23. The van der Waals surface area contributed by atoms with E-state index in [4.69, 9.17) is 5.73 Å². The van der Waals surface area contributed by atoms with Crippen molar-refractivity contribution in [2.75, 3.05) is 17.2 Å². The van der Waals surface area contributed by atoms with Gasteiger partial charge in [0.2, 0.25) is 0 Å². The topological polar surface area (TPSA) is 78.0 Å². The van der Waals surface area contributed by atoms with Crippen LogP contribution in [0.5, 0.6) is 0 Å². The molecule has 1 aliphatic heterocycles. The lowest BCUT2D eigenvalue weighted by atomic mass is 10.0. The SMILES string of the molecule is CCc1c(N)cnn1C1(C)CCS(=O)(=O)C1. The van der Waals surface area contributed by atoms with E-state index >= 15 is 0 Å². The maximum absolute atomic E-state index is 11.6. The van der Waals surface area contributed by atoms with Gasteiger partial charge in [0.1, 0.15) is 0 Å². The zero-order valence-corrected chi connectivity index (χ0v) is 10.4. The molecule has 2 rings (SSSR count). The smallest absolute Gasteiger partial charge is 0.152 e. The highest BCUT2D eigenvalue weighted by Gasteiger charge is 2.41. The molecule has 90 valence electrons. The van der Waals surface area contributed by atoms with Crippen molar-refractivity contribution >= 4 is 15.5 Å². The fraction of sp³-hybridized carbons (Fsp3) is 0.700. The van der Waals surface area contributed by atoms with Gasteiger partial charge in [-0.15, -0.1) is 0 Å². The molecule has 1 aliphatic rings. The normalized spacial score (nSPS) is 28.4. The molecule has 1 fully saturated rings. The molecule has 1 aromatic rings. The second-order valence-electron chi connectivity index (χ2n) is 4.65. The van der Waals surface area contributed by atoms with E-state index in [1.807, 2.05) is 13.8 Å². The first kappa shape index (κ1) is 11.4. The van der Waals surface area contributed by atoms with Crippen LogP contribution >= 0.6 is 0 Å². The molecule has 5 nitrogen and oxygen atoms in total. The number of hydrogen-bond donors (Lipinski definition) is 1. The van der Waals surface area contributed by atoms with Gasteiger partial charge in [-0.25, -0.2) is 8.42 Å². The Balaban J connectivity index is 2.45. The van der Waals surface area contributed by atoms with Crippen molar-refractivity contribution in [3.8, 4) is 0 Å². The number of sulfone groups is 1. The van der Waals surface area contributed by atoms with Crippen LogP contribution in [0.3, 0.4) is 0 Å². The van der Waals surface area contributed by atoms with Gasteiger partial charge in [0.15, 0.2) is 9.84 Å². The molecule has 0 aromatic carbocycles. The number of rotatable bonds is 2. The molecule has 0 bridgehead atoms. The fourth-order valence-corrected chi connectivity index (χ4v) is 4.48. The van der Waals surface area contributed by atoms with Crippen LogP contribution in [0.4, 0.5) is 5.69 Å². The molecule has 1 unspecified atom stereocenters. The van der Waals surface area contributed by atoms with Crippen molar-refractivity contribution in [1.29, 1.82) is 0 Å². The minimum Gasteiger partial charge on any atom is -0.396 e. The number of hydrogen-bond acceptors (Lipinski definition) is 4. The Morgan fingerprint density at radius 3 is 2.81 bits per heavy atom. The molecule has 1 aromatic heterocycles. The Hall–Kier alpha value is -1.04. The van der Waals surface area contributed by atoms with Crippen molar-refractivity contribution in [1.82, 2.24) is 9.78 Å². The monoisotopic (exact) mass is 243 g/mol. The van der Waals surface area contributed by atoms with Crippen LogP contribution in [0.25, 0.3) is 0 Å². The summed E-state index contributed by atoms with van der Waals surface area (Å²) in [7, 11) is -2.92. The average Bonchev–Trinajstić information content (AvgIpc) is 2.68. The highest BCUT2D eigenvalue weighted by Crippen LogP contribution is 2.32. The minimum atomic E-state index is -2.92. The summed E-state index contributed by atoms with van der Waals surface area (Å²) in [5, 5.41) is 4.23. The number of nitrogens with two attached hydrogens (primary N) is 1. The summed E-state index contributed by atoms with van der Waals surface area (Å²) in [5.74, 6) is 0.403. The zero-order valence-electron chi connectivity index (χ0n) is 9.60. The number of aromatic nitrogens is 2. The summed E-state index contributed by atoms with van der Waals surface area (Å²) in [4.78, 5) is 0. The molecule has 0 aliphatic carbocycles. The highest BCUT2D eigenvalue weighted by molar-refractivity contribution is 7.91. The van der Waals surface area contributed by atoms with Gasteiger partial charge in [0.25, 0.3) is 0 Å². The third-order valence-corrected chi connectivity index (χ3v) is 5.12. The fourth-order valence-electron chi connectivity index (χ4n) is 2.37. The van der Waals surface area contributed by atoms with Gasteiger partial charge in [-0.2, -0.15) is 5.10 Å². The summed E-state index contributed by atoms with van der Waals surface area (Å²) in [6.45, 7) is 3.93. The Morgan fingerprint density at radius 1 is 1.62 bits per heavy atom. The van der Waals surface area contributed by atoms with Gasteiger partial charge < -0.3 is 5.73 Å². The van der Waals surface area contributed by atoms with E-state index in [0.717, 1.165) is 12.1 Å². The summed E-state index contributed by atoms with van der Waals surface area (Å²) in [6, 6.07) is 0. The van der Waals surface area contributed by atoms with E-state index in [-0.39, 0.29) is 11.5 Å². The van der Waals surface area contributed by atoms with Crippen LogP contribution in [-0.4, -0.2) is 29.7 Å². The van der Waals surface area contributed by atoms with E-state index in [9.17, 15) is 8.42 Å². The van der Waals surface area contributed by atoms with Crippen molar-refractivity contribution in [2.45, 2.75) is 32.2 Å². The Kier molecular flexibility index (Phi) is 2.49. The molecule has 0 amide bonds. The summed E-state index contributed by atoms with van der Waals surface area (Å²) in [6.07, 6.45) is 2.99. The van der Waals surface area contributed by atoms with Gasteiger partial charge in [-0.05, 0) is 19.8 Å². The molecule has 1 atom stereocenters. The molecule has 0 saturated carbocycles. The number of anilines is 1. The maximum atomic E-state index is 11.6. The van der Waals surface area contributed by atoms with Gasteiger partial charge in [0, 0.05) is 0 Å². The molecule has 6 heteroatoms. The van der Waals surface area contributed by atoms with Crippen molar-refractivity contribution in [3.63, 3.8) is 0 Å². The summed E-state index contributed by atoms with van der Waals surface area (Å²) < 4.78 is 24.9. The quantitative estimate of drug-likeness (QED) is 0.823. The van der Waals surface area contributed by atoms with Crippen LogP contribution in [0, 0.1) is 0 Å². The predicted octanol–water partition coefficient (Wildman–Crippen LogP) is 0.561. The average molecular weight is 243 g/mol. The number of nitrogen functional groups attached to an aromatic ring is 1. The van der Waals surface area contributed by atoms with Crippen LogP contribution < -0.4 is 5.73 Å². The van der Waals surface area contributed by atoms with Gasteiger partial charge in [0.05, 0.1) is 34.6 Å². The van der Waals surface area contributed by atoms with E-state index in [1.165, 1.54) is 0 Å². The second kappa shape index (κ2) is 3.48. The first-order chi connectivity index (χ1) is 7.38. The lowest BCUT2D eigenvalue weighted by molar-refractivity contribution is 0.319.